The van der Waals surface area contributed by atoms with Gasteiger partial charge in [-0.15, -0.1) is 0 Å². The van der Waals surface area contributed by atoms with Gasteiger partial charge in [-0.2, -0.15) is 0 Å². The number of ether oxygens (including phenoxy) is 1. The molecule has 1 aromatic carbocycles. The molecule has 94 valence electrons. The highest BCUT2D eigenvalue weighted by Crippen LogP contribution is 2.30. The minimum Gasteiger partial charge on any atom is -0.490 e. The highest BCUT2D eigenvalue weighted by molar-refractivity contribution is 6.32. The Kier molecular flexibility index (Phi) is 4.37. The molecule has 2 N–H and O–H groups in total. The van der Waals surface area contributed by atoms with Crippen LogP contribution in [0.15, 0.2) is 18.2 Å². The first-order valence-corrected chi connectivity index (χ1v) is 5.50. The molecule has 17 heavy (non-hydrogen) atoms. The smallest absolute Gasteiger partial charge is 0.312 e. The van der Waals surface area contributed by atoms with Crippen molar-refractivity contribution in [2.75, 3.05) is 6.61 Å². The Hall–Kier alpha value is -1.26. The van der Waals surface area contributed by atoms with Crippen LogP contribution in [0.1, 0.15) is 19.4 Å². The molecule has 5 heteroatoms. The van der Waals surface area contributed by atoms with Crippen LogP contribution in [-0.2, 0) is 11.4 Å². The molecule has 0 amide bonds. The van der Waals surface area contributed by atoms with E-state index in [4.69, 9.17) is 26.6 Å². The number of para-hydroxylation sites is 1. The minimum absolute atomic E-state index is 0.0148. The van der Waals surface area contributed by atoms with Crippen LogP contribution in [0.3, 0.4) is 0 Å². The largest absolute Gasteiger partial charge is 0.490 e. The quantitative estimate of drug-likeness (QED) is 0.851. The molecule has 0 aliphatic rings. The van der Waals surface area contributed by atoms with E-state index < -0.39 is 11.4 Å². The third-order valence-corrected chi connectivity index (χ3v) is 2.67. The van der Waals surface area contributed by atoms with E-state index in [1.807, 2.05) is 0 Å². The molecule has 4 nitrogen and oxygen atoms in total. The maximum atomic E-state index is 10.9. The van der Waals surface area contributed by atoms with Crippen molar-refractivity contribution in [3.8, 4) is 5.75 Å². The van der Waals surface area contributed by atoms with Crippen molar-refractivity contribution in [1.82, 2.24) is 0 Å². The molecule has 0 radical (unpaired) electrons. The van der Waals surface area contributed by atoms with Crippen LogP contribution >= 0.6 is 11.6 Å². The number of aliphatic hydroxyl groups is 1. The number of rotatable bonds is 5. The van der Waals surface area contributed by atoms with E-state index in [1.54, 1.807) is 32.0 Å². The second-order valence-electron chi connectivity index (χ2n) is 4.36. The summed E-state index contributed by atoms with van der Waals surface area (Å²) < 4.78 is 5.41. The summed E-state index contributed by atoms with van der Waals surface area (Å²) in [7, 11) is 0. The predicted octanol–water partition coefficient (Wildman–Crippen LogP) is 2.32. The monoisotopic (exact) mass is 258 g/mol. The van der Waals surface area contributed by atoms with Crippen molar-refractivity contribution in [3.05, 3.63) is 28.8 Å². The van der Waals surface area contributed by atoms with E-state index in [0.717, 1.165) is 0 Å². The Morgan fingerprint density at radius 1 is 1.47 bits per heavy atom. The van der Waals surface area contributed by atoms with Crippen molar-refractivity contribution in [3.63, 3.8) is 0 Å². The molecular weight excluding hydrogens is 244 g/mol. The van der Waals surface area contributed by atoms with Crippen LogP contribution in [0, 0.1) is 5.41 Å². The van der Waals surface area contributed by atoms with Crippen LogP contribution < -0.4 is 4.74 Å². The summed E-state index contributed by atoms with van der Waals surface area (Å²) in [5, 5.41) is 18.4. The number of hydrogen-bond acceptors (Lipinski definition) is 3. The molecule has 1 rings (SSSR count). The zero-order chi connectivity index (χ0) is 13.1. The number of halogens is 1. The first-order valence-electron chi connectivity index (χ1n) is 5.13. The molecule has 0 fully saturated rings. The summed E-state index contributed by atoms with van der Waals surface area (Å²) in [6.07, 6.45) is 0. The topological polar surface area (TPSA) is 66.8 Å². The van der Waals surface area contributed by atoms with Crippen molar-refractivity contribution >= 4 is 17.6 Å². The van der Waals surface area contributed by atoms with Gasteiger partial charge in [0.1, 0.15) is 12.4 Å². The van der Waals surface area contributed by atoms with Crippen molar-refractivity contribution in [2.24, 2.45) is 5.41 Å². The fourth-order valence-corrected chi connectivity index (χ4v) is 1.40. The Labute approximate surface area is 105 Å². The summed E-state index contributed by atoms with van der Waals surface area (Å²) in [5.74, 6) is -0.610. The van der Waals surface area contributed by atoms with E-state index in [1.165, 1.54) is 0 Å². The lowest BCUT2D eigenvalue weighted by molar-refractivity contribution is -0.148. The number of aliphatic carboxylic acids is 1. The number of carbonyl (C=O) groups is 1. The van der Waals surface area contributed by atoms with E-state index in [0.29, 0.717) is 16.3 Å². The van der Waals surface area contributed by atoms with Gasteiger partial charge in [-0.3, -0.25) is 4.79 Å². The van der Waals surface area contributed by atoms with Gasteiger partial charge < -0.3 is 14.9 Å². The molecule has 0 heterocycles. The fourth-order valence-electron chi connectivity index (χ4n) is 1.15. The normalized spacial score (nSPS) is 11.3. The van der Waals surface area contributed by atoms with E-state index >= 15 is 0 Å². The molecule has 0 aliphatic carbocycles. The maximum Gasteiger partial charge on any atom is 0.312 e. The second kappa shape index (κ2) is 5.38. The van der Waals surface area contributed by atoms with Gasteiger partial charge in [0.05, 0.1) is 17.0 Å². The first-order chi connectivity index (χ1) is 7.88. The lowest BCUT2D eigenvalue weighted by Gasteiger charge is -2.21. The van der Waals surface area contributed by atoms with Crippen LogP contribution in [0.5, 0.6) is 5.75 Å². The maximum absolute atomic E-state index is 10.9. The van der Waals surface area contributed by atoms with E-state index in [2.05, 4.69) is 0 Å². The van der Waals surface area contributed by atoms with Gasteiger partial charge in [0, 0.05) is 5.56 Å². The summed E-state index contributed by atoms with van der Waals surface area (Å²) in [6.45, 7) is 2.90. The van der Waals surface area contributed by atoms with Crippen LogP contribution in [0.25, 0.3) is 0 Å². The van der Waals surface area contributed by atoms with E-state index in [-0.39, 0.29) is 13.2 Å². The molecule has 0 aliphatic heterocycles. The Balaban J connectivity index is 2.86. The predicted molar refractivity (Wildman–Crippen MR) is 64.3 cm³/mol. The molecule has 0 saturated carbocycles. The SMILES string of the molecule is CC(C)(COc1c(Cl)cccc1CO)C(=O)O. The third-order valence-electron chi connectivity index (χ3n) is 2.38. The van der Waals surface area contributed by atoms with Crippen LogP contribution in [-0.4, -0.2) is 22.8 Å². The summed E-state index contributed by atoms with van der Waals surface area (Å²) in [4.78, 5) is 10.9. The van der Waals surface area contributed by atoms with Crippen LogP contribution in [0.2, 0.25) is 5.02 Å². The fraction of sp³-hybridized carbons (Fsp3) is 0.417. The standard InChI is InChI=1S/C12H15ClO4/c1-12(2,11(15)16)7-17-10-8(6-14)4-3-5-9(10)13/h3-5,14H,6-7H2,1-2H3,(H,15,16). The van der Waals surface area contributed by atoms with Gasteiger partial charge in [0.15, 0.2) is 0 Å². The highest BCUT2D eigenvalue weighted by Gasteiger charge is 2.28. The zero-order valence-corrected chi connectivity index (χ0v) is 10.5. The molecule has 0 aromatic heterocycles. The van der Waals surface area contributed by atoms with Crippen LogP contribution in [0.4, 0.5) is 0 Å². The number of carboxylic acid groups (broad SMARTS) is 1. The number of carboxylic acids is 1. The van der Waals surface area contributed by atoms with E-state index in [9.17, 15) is 4.79 Å². The van der Waals surface area contributed by atoms with Gasteiger partial charge in [0.2, 0.25) is 0 Å². The first kappa shape index (κ1) is 13.8. The summed E-state index contributed by atoms with van der Waals surface area (Å²) >= 11 is 5.93. The molecular formula is C12H15ClO4. The Bertz CT molecular complexity index is 415. The zero-order valence-electron chi connectivity index (χ0n) is 9.74. The van der Waals surface area contributed by atoms with Gasteiger partial charge in [0.25, 0.3) is 0 Å². The minimum atomic E-state index is -1.01. The Morgan fingerprint density at radius 2 is 2.12 bits per heavy atom. The average Bonchev–Trinajstić information content (AvgIpc) is 2.26. The van der Waals surface area contributed by atoms with Gasteiger partial charge in [-0.05, 0) is 19.9 Å². The van der Waals surface area contributed by atoms with Gasteiger partial charge in [-0.1, -0.05) is 23.7 Å². The third kappa shape index (κ3) is 3.35. The molecule has 0 unspecified atom stereocenters. The number of aliphatic hydroxyl groups excluding tert-OH is 1. The second-order valence-corrected chi connectivity index (χ2v) is 4.77. The van der Waals surface area contributed by atoms with Crippen molar-refractivity contribution < 1.29 is 19.7 Å². The lowest BCUT2D eigenvalue weighted by atomic mass is 9.95. The van der Waals surface area contributed by atoms with Gasteiger partial charge in [-0.25, -0.2) is 0 Å². The van der Waals surface area contributed by atoms with Gasteiger partial charge >= 0.3 is 5.97 Å². The molecule has 0 saturated heterocycles. The average molecular weight is 259 g/mol. The molecule has 0 atom stereocenters. The number of benzene rings is 1. The molecule has 0 bridgehead atoms. The Morgan fingerprint density at radius 3 is 2.65 bits per heavy atom. The summed E-state index contributed by atoms with van der Waals surface area (Å²) in [5.41, 5.74) is -0.468. The summed E-state index contributed by atoms with van der Waals surface area (Å²) in [6, 6.07) is 5.00. The highest BCUT2D eigenvalue weighted by atomic mass is 35.5. The van der Waals surface area contributed by atoms with Crippen molar-refractivity contribution in [2.45, 2.75) is 20.5 Å². The number of hydrogen-bond donors (Lipinski definition) is 2. The van der Waals surface area contributed by atoms with Crippen molar-refractivity contribution in [1.29, 1.82) is 0 Å². The molecule has 1 aromatic rings. The molecule has 0 spiro atoms. The lowest BCUT2D eigenvalue weighted by Crippen LogP contribution is -2.30.